The Morgan fingerprint density at radius 2 is 1.80 bits per heavy atom. The molecule has 0 aliphatic carbocycles. The van der Waals surface area contributed by atoms with Gasteiger partial charge in [-0.2, -0.15) is 0 Å². The highest BCUT2D eigenvalue weighted by Gasteiger charge is 2.49. The summed E-state index contributed by atoms with van der Waals surface area (Å²) in [6.45, 7) is 5.31. The summed E-state index contributed by atoms with van der Waals surface area (Å²) in [7, 11) is 0. The Bertz CT molecular complexity index is 894. The smallest absolute Gasteiger partial charge is 0.244 e. The lowest BCUT2D eigenvalue weighted by atomic mass is 9.69. The maximum atomic E-state index is 13.2. The molecule has 126 valence electrons. The Hall–Kier alpha value is -3.27. The molecule has 25 heavy (non-hydrogen) atoms. The summed E-state index contributed by atoms with van der Waals surface area (Å²) in [4.78, 5) is 13.2. The van der Waals surface area contributed by atoms with Crippen molar-refractivity contribution in [1.82, 2.24) is 0 Å². The number of carbonyl (C=O) groups excluding carboxylic acids is 1. The fraction of sp³-hybridized carbons (Fsp3) is 0.0952. The van der Waals surface area contributed by atoms with Crippen LogP contribution in [0.5, 0.6) is 5.75 Å². The Kier molecular flexibility index (Phi) is 4.19. The van der Waals surface area contributed by atoms with Crippen molar-refractivity contribution in [2.75, 3.05) is 5.32 Å². The molecule has 4 heteroatoms. The van der Waals surface area contributed by atoms with Gasteiger partial charge in [0.05, 0.1) is 0 Å². The molecular weight excluding hydrogens is 314 g/mol. The minimum atomic E-state index is -1.06. The standard InChI is InChI=1S/C21H19NO3/c1-3-15(9-8-14(2)23)21(16-10-12-17(24)13-11-16)18-6-4-5-7-19(18)22-20(21)25/h3-13,23-24H,2H2,1H3,(H,22,25)/b9-8-,15-3+. The highest BCUT2D eigenvalue weighted by atomic mass is 16.3. The van der Waals surface area contributed by atoms with Crippen LogP contribution in [0.15, 0.2) is 84.7 Å². The predicted molar refractivity (Wildman–Crippen MR) is 98.6 cm³/mol. The lowest BCUT2D eigenvalue weighted by Gasteiger charge is -2.30. The Morgan fingerprint density at radius 1 is 1.12 bits per heavy atom. The van der Waals surface area contributed by atoms with Crippen LogP contribution in [0.3, 0.4) is 0 Å². The largest absolute Gasteiger partial charge is 0.509 e. The van der Waals surface area contributed by atoms with Gasteiger partial charge in [0.25, 0.3) is 0 Å². The molecule has 0 saturated heterocycles. The third kappa shape index (κ3) is 2.62. The van der Waals surface area contributed by atoms with Crippen LogP contribution in [0.4, 0.5) is 5.69 Å². The monoisotopic (exact) mass is 333 g/mol. The van der Waals surface area contributed by atoms with Crippen LogP contribution in [0.1, 0.15) is 18.1 Å². The van der Waals surface area contributed by atoms with E-state index in [4.69, 9.17) is 0 Å². The lowest BCUT2D eigenvalue weighted by Crippen LogP contribution is -2.37. The summed E-state index contributed by atoms with van der Waals surface area (Å²) in [5, 5.41) is 22.0. The number of aliphatic hydroxyl groups excluding tert-OH is 1. The summed E-state index contributed by atoms with van der Waals surface area (Å²) >= 11 is 0. The van der Waals surface area contributed by atoms with Crippen molar-refractivity contribution in [3.05, 3.63) is 95.8 Å². The number of nitrogens with one attached hydrogen (secondary N) is 1. The molecule has 1 heterocycles. The van der Waals surface area contributed by atoms with Crippen molar-refractivity contribution in [3.63, 3.8) is 0 Å². The van der Waals surface area contributed by atoms with Crippen LogP contribution in [0, 0.1) is 0 Å². The van der Waals surface area contributed by atoms with Gasteiger partial charge in [-0.3, -0.25) is 4.79 Å². The van der Waals surface area contributed by atoms with Gasteiger partial charge in [0.2, 0.25) is 5.91 Å². The number of hydrogen-bond donors (Lipinski definition) is 3. The van der Waals surface area contributed by atoms with E-state index < -0.39 is 5.41 Å². The summed E-state index contributed by atoms with van der Waals surface area (Å²) < 4.78 is 0. The first-order valence-corrected chi connectivity index (χ1v) is 7.93. The fourth-order valence-electron chi connectivity index (χ4n) is 3.33. The number of amides is 1. The van der Waals surface area contributed by atoms with Gasteiger partial charge < -0.3 is 15.5 Å². The quantitative estimate of drug-likeness (QED) is 0.580. The number of anilines is 1. The number of fused-ring (bicyclic) bond motifs is 1. The number of aliphatic hydroxyl groups is 1. The molecule has 1 aliphatic rings. The molecule has 2 aromatic carbocycles. The summed E-state index contributed by atoms with van der Waals surface area (Å²) in [6, 6.07) is 14.1. The van der Waals surface area contributed by atoms with E-state index in [1.165, 1.54) is 6.08 Å². The topological polar surface area (TPSA) is 69.6 Å². The van der Waals surface area contributed by atoms with Crippen molar-refractivity contribution in [3.8, 4) is 5.75 Å². The van der Waals surface area contributed by atoms with Gasteiger partial charge in [-0.1, -0.05) is 49.1 Å². The van der Waals surface area contributed by atoms with Crippen molar-refractivity contribution < 1.29 is 15.0 Å². The van der Waals surface area contributed by atoms with Crippen LogP contribution in [-0.2, 0) is 10.2 Å². The first-order chi connectivity index (χ1) is 12.0. The molecule has 0 spiro atoms. The van der Waals surface area contributed by atoms with Crippen molar-refractivity contribution in [2.24, 2.45) is 0 Å². The molecule has 2 aromatic rings. The molecule has 1 aliphatic heterocycles. The van der Waals surface area contributed by atoms with E-state index >= 15 is 0 Å². The first kappa shape index (κ1) is 16.6. The van der Waals surface area contributed by atoms with Gasteiger partial charge in [0.1, 0.15) is 16.9 Å². The molecule has 0 aromatic heterocycles. The van der Waals surface area contributed by atoms with E-state index in [2.05, 4.69) is 11.9 Å². The van der Waals surface area contributed by atoms with Crippen molar-refractivity contribution in [2.45, 2.75) is 12.3 Å². The van der Waals surface area contributed by atoms with Crippen LogP contribution >= 0.6 is 0 Å². The average Bonchev–Trinajstić information content (AvgIpc) is 2.89. The number of phenolic OH excluding ortho intramolecular Hbond substituents is 1. The summed E-state index contributed by atoms with van der Waals surface area (Å²) in [6.07, 6.45) is 5.00. The minimum absolute atomic E-state index is 0.0908. The third-order valence-electron chi connectivity index (χ3n) is 4.42. The van der Waals surface area contributed by atoms with Gasteiger partial charge in [0, 0.05) is 11.3 Å². The number of rotatable bonds is 4. The average molecular weight is 333 g/mol. The molecule has 0 radical (unpaired) electrons. The zero-order chi connectivity index (χ0) is 18.0. The maximum absolute atomic E-state index is 13.2. The fourth-order valence-corrected chi connectivity index (χ4v) is 3.33. The van der Waals surface area contributed by atoms with E-state index in [1.807, 2.05) is 37.3 Å². The molecule has 1 amide bonds. The van der Waals surface area contributed by atoms with Crippen LogP contribution in [0.25, 0.3) is 0 Å². The van der Waals surface area contributed by atoms with Gasteiger partial charge >= 0.3 is 0 Å². The number of para-hydroxylation sites is 1. The number of benzene rings is 2. The second-order valence-electron chi connectivity index (χ2n) is 5.87. The highest BCUT2D eigenvalue weighted by Crippen LogP contribution is 2.48. The van der Waals surface area contributed by atoms with Gasteiger partial charge in [-0.25, -0.2) is 0 Å². The normalized spacial score (nSPS) is 19.7. The van der Waals surface area contributed by atoms with Gasteiger partial charge in [-0.15, -0.1) is 0 Å². The van der Waals surface area contributed by atoms with E-state index in [-0.39, 0.29) is 17.4 Å². The first-order valence-electron chi connectivity index (χ1n) is 7.93. The molecule has 4 nitrogen and oxygen atoms in total. The molecule has 3 N–H and O–H groups in total. The van der Waals surface area contributed by atoms with E-state index in [9.17, 15) is 15.0 Å². The van der Waals surface area contributed by atoms with Gasteiger partial charge in [-0.05, 0) is 42.3 Å². The van der Waals surface area contributed by atoms with E-state index in [0.717, 1.165) is 16.8 Å². The Labute approximate surface area is 146 Å². The second kappa shape index (κ2) is 6.32. The van der Waals surface area contributed by atoms with Crippen LogP contribution in [0.2, 0.25) is 0 Å². The minimum Gasteiger partial charge on any atom is -0.509 e. The van der Waals surface area contributed by atoms with Crippen LogP contribution in [-0.4, -0.2) is 16.1 Å². The molecule has 1 atom stereocenters. The van der Waals surface area contributed by atoms with Crippen molar-refractivity contribution in [1.29, 1.82) is 0 Å². The summed E-state index contributed by atoms with van der Waals surface area (Å²) in [5.74, 6) is -0.139. The maximum Gasteiger partial charge on any atom is 0.244 e. The molecule has 1 unspecified atom stereocenters. The SMILES string of the molecule is C=C(O)/C=C\C(=C/C)C1(c2ccc(O)cc2)C(=O)Nc2ccccc21. The van der Waals surface area contributed by atoms with E-state index in [0.29, 0.717) is 5.57 Å². The van der Waals surface area contributed by atoms with Crippen LogP contribution < -0.4 is 5.32 Å². The van der Waals surface area contributed by atoms with Gasteiger partial charge in [0.15, 0.2) is 0 Å². The number of aromatic hydroxyl groups is 1. The predicted octanol–water partition coefficient (Wildman–Crippen LogP) is 4.20. The number of allylic oxidation sites excluding steroid dienone is 3. The molecule has 3 rings (SSSR count). The zero-order valence-electron chi connectivity index (χ0n) is 13.9. The Balaban J connectivity index is 2.32. The Morgan fingerprint density at radius 3 is 2.44 bits per heavy atom. The number of carbonyl (C=O) groups is 1. The van der Waals surface area contributed by atoms with E-state index in [1.54, 1.807) is 30.3 Å². The summed E-state index contributed by atoms with van der Waals surface area (Å²) in [5.41, 5.74) is 1.94. The number of hydrogen-bond acceptors (Lipinski definition) is 3. The molecular formula is C21H19NO3. The zero-order valence-corrected chi connectivity index (χ0v) is 13.9. The second-order valence-corrected chi connectivity index (χ2v) is 5.87. The third-order valence-corrected chi connectivity index (χ3v) is 4.42. The molecule has 0 saturated carbocycles. The molecule has 0 bridgehead atoms. The van der Waals surface area contributed by atoms with Crippen molar-refractivity contribution >= 4 is 11.6 Å². The lowest BCUT2D eigenvalue weighted by molar-refractivity contribution is -0.118. The molecule has 0 fully saturated rings. The number of phenols is 1. The highest BCUT2D eigenvalue weighted by molar-refractivity contribution is 6.11.